The number of phenolic OH excluding ortho intramolecular Hbond substituents is 2. The third kappa shape index (κ3) is 12.4. The van der Waals surface area contributed by atoms with Crippen molar-refractivity contribution in [2.24, 2.45) is 0 Å². The molecule has 0 spiro atoms. The van der Waals surface area contributed by atoms with Crippen LogP contribution in [-0.2, 0) is 40.5 Å². The second kappa shape index (κ2) is 23.2. The molecule has 0 heterocycles. The summed E-state index contributed by atoms with van der Waals surface area (Å²) >= 11 is 0. The van der Waals surface area contributed by atoms with Gasteiger partial charge in [-0.1, -0.05) is 48.5 Å². The number of benzene rings is 8. The standard InChI is InChI=1S/2C26H18N2O9S2.2Na/c2*29-24-18-3-1-2-4-19(18)25(30)23-22(24)20(27-14-5-9-16(10-6-14)38(32,33)34)13-21(26(23)31)28-15-7-11-17(12-8-15)39(35,36)37;;/h2*1-13,27-28,31H,(H,32,33,34)(H,35,36,37);;/q;;2*+1/p-2. The molecule has 22 nitrogen and oxygen atoms in total. The minimum atomic E-state index is -4.68. The molecule has 0 radical (unpaired) electrons. The maximum atomic E-state index is 13.5. The maximum absolute atomic E-state index is 13.5. The molecule has 0 fully saturated rings. The van der Waals surface area contributed by atoms with Crippen LogP contribution in [0.4, 0.5) is 45.5 Å². The average Bonchev–Trinajstić information content (AvgIpc) is 3.41. The van der Waals surface area contributed by atoms with E-state index in [0.717, 1.165) is 48.5 Å². The van der Waals surface area contributed by atoms with Crippen molar-refractivity contribution in [2.45, 2.75) is 19.6 Å². The zero-order valence-electron chi connectivity index (χ0n) is 41.1. The molecule has 2 aliphatic carbocycles. The van der Waals surface area contributed by atoms with E-state index in [9.17, 15) is 81.3 Å². The van der Waals surface area contributed by atoms with Crippen LogP contribution >= 0.6 is 0 Å². The Hall–Kier alpha value is -7.12. The van der Waals surface area contributed by atoms with Gasteiger partial charge in [-0.2, -0.15) is 16.8 Å². The van der Waals surface area contributed by atoms with Gasteiger partial charge in [-0.05, 0) is 109 Å². The number of carbonyl (C=O) groups is 4. The molecule has 80 heavy (non-hydrogen) atoms. The number of hydrogen-bond acceptors (Lipinski definition) is 20. The molecule has 0 aliphatic heterocycles. The molecule has 8 aromatic carbocycles. The summed E-state index contributed by atoms with van der Waals surface area (Å²) in [5, 5.41) is 33.8. The molecular formula is C52H34N4Na2O18S4. The summed E-state index contributed by atoms with van der Waals surface area (Å²) < 4.78 is 131. The fourth-order valence-electron chi connectivity index (χ4n) is 8.40. The van der Waals surface area contributed by atoms with Crippen molar-refractivity contribution in [3.63, 3.8) is 0 Å². The van der Waals surface area contributed by atoms with Crippen LogP contribution in [0.5, 0.6) is 11.5 Å². The summed E-state index contributed by atoms with van der Waals surface area (Å²) in [5.41, 5.74) is 0.917. The van der Waals surface area contributed by atoms with E-state index in [0.29, 0.717) is 11.4 Å². The topological polar surface area (TPSA) is 380 Å². The molecule has 2 aliphatic rings. The van der Waals surface area contributed by atoms with E-state index in [1.165, 1.54) is 84.9 Å². The zero-order valence-corrected chi connectivity index (χ0v) is 48.4. The quantitative estimate of drug-likeness (QED) is 0.0373. The first kappa shape index (κ1) is 60.5. The van der Waals surface area contributed by atoms with Crippen LogP contribution < -0.4 is 80.4 Å². The molecule has 8 aromatic rings. The van der Waals surface area contributed by atoms with Gasteiger partial charge in [0.25, 0.3) is 20.2 Å². The van der Waals surface area contributed by atoms with Gasteiger partial charge >= 0.3 is 59.1 Å². The number of fused-ring (bicyclic) bond motifs is 4. The van der Waals surface area contributed by atoms with Crippen molar-refractivity contribution in [2.75, 3.05) is 21.3 Å². The molecule has 0 amide bonds. The second-order valence-electron chi connectivity index (χ2n) is 17.0. The number of nitrogens with one attached hydrogen (secondary N) is 4. The molecular weight excluding hydrogens is 1140 g/mol. The van der Waals surface area contributed by atoms with Crippen LogP contribution in [0.25, 0.3) is 0 Å². The summed E-state index contributed by atoms with van der Waals surface area (Å²) in [5.74, 6) is -3.37. The van der Waals surface area contributed by atoms with Gasteiger partial charge in [-0.15, -0.1) is 0 Å². The number of ketones is 4. The van der Waals surface area contributed by atoms with Crippen LogP contribution in [0.15, 0.2) is 177 Å². The first-order chi connectivity index (χ1) is 36.7. The molecule has 28 heteroatoms. The van der Waals surface area contributed by atoms with Gasteiger partial charge in [0.15, 0.2) is 34.6 Å². The fraction of sp³-hybridized carbons (Fsp3) is 0. The Morgan fingerprint density at radius 1 is 0.325 bits per heavy atom. The summed E-state index contributed by atoms with van der Waals surface area (Å²) in [6.07, 6.45) is 0. The molecule has 0 saturated carbocycles. The van der Waals surface area contributed by atoms with Gasteiger partial charge in [0.2, 0.25) is 0 Å². The fourth-order valence-corrected chi connectivity index (χ4v) is 10.3. The largest absolute Gasteiger partial charge is 1.00 e. The van der Waals surface area contributed by atoms with E-state index < -0.39 is 84.9 Å². The van der Waals surface area contributed by atoms with Crippen molar-refractivity contribution < 1.29 is 140 Å². The van der Waals surface area contributed by atoms with E-state index in [-0.39, 0.29) is 148 Å². The van der Waals surface area contributed by atoms with Gasteiger partial charge < -0.3 is 40.6 Å². The molecule has 8 N–H and O–H groups in total. The molecule has 10 rings (SSSR count). The Balaban J connectivity index is 0.000000225. The number of rotatable bonds is 12. The summed E-state index contributed by atoms with van der Waals surface area (Å²) in [7, 11) is -18.2. The molecule has 0 atom stereocenters. The third-order valence-electron chi connectivity index (χ3n) is 12.0. The van der Waals surface area contributed by atoms with Crippen LogP contribution in [0, 0.1) is 0 Å². The van der Waals surface area contributed by atoms with Crippen LogP contribution in [-0.4, -0.2) is 85.2 Å². The Labute approximate surface area is 499 Å². The number of anilines is 8. The number of hydrogen-bond donors (Lipinski definition) is 8. The Bertz CT molecular complexity index is 4060. The minimum Gasteiger partial charge on any atom is -0.744 e. The van der Waals surface area contributed by atoms with Gasteiger partial charge in [-0.25, -0.2) is 16.8 Å². The van der Waals surface area contributed by atoms with Gasteiger partial charge in [0.05, 0.1) is 64.6 Å². The van der Waals surface area contributed by atoms with E-state index in [1.807, 2.05) is 0 Å². The van der Waals surface area contributed by atoms with E-state index in [1.54, 1.807) is 24.3 Å². The monoisotopic (exact) mass is 1180 g/mol. The van der Waals surface area contributed by atoms with E-state index >= 15 is 0 Å². The number of carbonyl (C=O) groups excluding carboxylic acids is 4. The third-order valence-corrected chi connectivity index (χ3v) is 15.5. The van der Waals surface area contributed by atoms with Gasteiger partial charge in [0, 0.05) is 45.0 Å². The predicted octanol–water partition coefficient (Wildman–Crippen LogP) is 1.62. The van der Waals surface area contributed by atoms with Crippen LogP contribution in [0.2, 0.25) is 0 Å². The van der Waals surface area contributed by atoms with E-state index in [4.69, 9.17) is 0 Å². The molecule has 0 unspecified atom stereocenters. The van der Waals surface area contributed by atoms with Crippen molar-refractivity contribution >= 4 is 109 Å². The summed E-state index contributed by atoms with van der Waals surface area (Å²) in [6, 6.07) is 34.2. The van der Waals surface area contributed by atoms with Crippen LogP contribution in [0.3, 0.4) is 0 Å². The number of aromatic hydroxyl groups is 2. The van der Waals surface area contributed by atoms with Crippen molar-refractivity contribution in [1.82, 2.24) is 0 Å². The zero-order chi connectivity index (χ0) is 56.2. The molecule has 0 aromatic heterocycles. The summed E-state index contributed by atoms with van der Waals surface area (Å²) in [6.45, 7) is 0. The first-order valence-corrected chi connectivity index (χ1v) is 27.9. The Kier molecular flexibility index (Phi) is 17.5. The van der Waals surface area contributed by atoms with Gasteiger partial charge in [0.1, 0.15) is 20.2 Å². The Morgan fingerprint density at radius 3 is 0.787 bits per heavy atom. The second-order valence-corrected chi connectivity index (χ2v) is 22.6. The molecule has 396 valence electrons. The summed E-state index contributed by atoms with van der Waals surface area (Å²) in [4.78, 5) is 52.2. The van der Waals surface area contributed by atoms with Crippen molar-refractivity contribution in [3.8, 4) is 11.5 Å². The molecule has 0 saturated heterocycles. The van der Waals surface area contributed by atoms with E-state index in [2.05, 4.69) is 21.3 Å². The van der Waals surface area contributed by atoms with Crippen molar-refractivity contribution in [1.29, 1.82) is 0 Å². The molecule has 0 bridgehead atoms. The Morgan fingerprint density at radius 2 is 0.550 bits per heavy atom. The van der Waals surface area contributed by atoms with Crippen LogP contribution in [0.1, 0.15) is 63.7 Å². The van der Waals surface area contributed by atoms with Crippen molar-refractivity contribution in [3.05, 3.63) is 202 Å². The first-order valence-electron chi connectivity index (χ1n) is 22.2. The normalized spacial score (nSPS) is 12.7. The maximum Gasteiger partial charge on any atom is 1.00 e. The number of phenols is 2. The predicted molar refractivity (Wildman–Crippen MR) is 277 cm³/mol. The average molecular weight is 1180 g/mol. The minimum absolute atomic E-state index is 0. The SMILES string of the molecule is O=C1c2ccccc2C(=O)c2c(O)c(Nc3ccc(S(=O)(=O)[O-])cc3)cc(Nc3ccc(S(=O)(=O)O)cc3)c21.O=C1c2ccccc2C(=O)c2c(O)c(Nc3ccc(S(=O)(=O)[O-])cc3)cc(Nc3ccc(S(=O)(=O)O)cc3)c21.[Na+].[Na+]. The van der Waals surface area contributed by atoms with Gasteiger partial charge in [-0.3, -0.25) is 28.3 Å². The smallest absolute Gasteiger partial charge is 0.744 e.